The second-order valence-corrected chi connectivity index (χ2v) is 5.98. The molecule has 2 nitrogen and oxygen atoms in total. The Labute approximate surface area is 143 Å². The number of carbonyl (C=O) groups is 1. The predicted octanol–water partition coefficient (Wildman–Crippen LogP) is 6.08. The van der Waals surface area contributed by atoms with Crippen LogP contribution in [0.15, 0.2) is 48.5 Å². The number of hydrogen-bond acceptors (Lipinski definition) is 2. The molecule has 0 aliphatic heterocycles. The van der Waals surface area contributed by atoms with Gasteiger partial charge in [0.05, 0.1) is 6.61 Å². The van der Waals surface area contributed by atoms with E-state index in [-0.39, 0.29) is 0 Å². The number of ether oxygens (including phenoxy) is 1. The Morgan fingerprint density at radius 1 is 0.870 bits per heavy atom. The molecule has 0 spiro atoms. The lowest BCUT2D eigenvalue weighted by Gasteiger charge is -2.08. The summed E-state index contributed by atoms with van der Waals surface area (Å²) in [6.07, 6.45) is 6.21. The summed E-state index contributed by atoms with van der Waals surface area (Å²) < 4.78 is 5.77. The largest absolute Gasteiger partial charge is 0.494 e. The molecule has 0 bridgehead atoms. The summed E-state index contributed by atoms with van der Waals surface area (Å²) in [7, 11) is 0. The number of benzene rings is 2. The molecule has 0 saturated carbocycles. The molecular weight excluding hydrogens is 308 g/mol. The zero-order valence-electron chi connectivity index (χ0n) is 13.6. The van der Waals surface area contributed by atoms with E-state index in [0.717, 1.165) is 29.9 Å². The van der Waals surface area contributed by atoms with Gasteiger partial charge in [-0.1, -0.05) is 56.9 Å². The number of unbranched alkanes of at least 4 members (excludes halogenated alkanes) is 4. The highest BCUT2D eigenvalue weighted by Gasteiger charge is 2.03. The summed E-state index contributed by atoms with van der Waals surface area (Å²) in [4.78, 5) is 11.1. The molecule has 0 unspecified atom stereocenters. The molecule has 0 atom stereocenters. The summed E-state index contributed by atoms with van der Waals surface area (Å²) in [6.45, 7) is 2.99. The second-order valence-electron chi connectivity index (χ2n) is 5.64. The molecule has 0 N–H and O–H groups in total. The van der Waals surface area contributed by atoms with E-state index >= 15 is 0 Å². The van der Waals surface area contributed by atoms with Gasteiger partial charge in [0.1, 0.15) is 5.75 Å². The van der Waals surface area contributed by atoms with Gasteiger partial charge in [0.25, 0.3) is 5.24 Å². The van der Waals surface area contributed by atoms with Crippen LogP contribution in [0.1, 0.15) is 49.4 Å². The van der Waals surface area contributed by atoms with Crippen LogP contribution in [0.5, 0.6) is 5.75 Å². The molecule has 23 heavy (non-hydrogen) atoms. The van der Waals surface area contributed by atoms with Gasteiger partial charge in [0.15, 0.2) is 0 Å². The third-order valence-corrected chi connectivity index (χ3v) is 4.03. The molecule has 0 aromatic heterocycles. The number of rotatable bonds is 9. The average Bonchev–Trinajstić information content (AvgIpc) is 2.58. The van der Waals surface area contributed by atoms with E-state index < -0.39 is 5.24 Å². The first-order chi connectivity index (χ1) is 11.2. The van der Waals surface area contributed by atoms with Gasteiger partial charge in [-0.2, -0.15) is 0 Å². The maximum atomic E-state index is 11.1. The smallest absolute Gasteiger partial charge is 0.252 e. The quantitative estimate of drug-likeness (QED) is 0.411. The molecule has 3 heteroatoms. The van der Waals surface area contributed by atoms with E-state index in [0.29, 0.717) is 5.56 Å². The van der Waals surface area contributed by atoms with Crippen molar-refractivity contribution in [2.75, 3.05) is 6.61 Å². The van der Waals surface area contributed by atoms with Crippen molar-refractivity contribution in [3.63, 3.8) is 0 Å². The zero-order chi connectivity index (χ0) is 16.5. The Balaban J connectivity index is 1.85. The summed E-state index contributed by atoms with van der Waals surface area (Å²) in [5.74, 6) is 0.900. The fourth-order valence-corrected chi connectivity index (χ4v) is 2.56. The fourth-order valence-electron chi connectivity index (χ4n) is 2.43. The molecule has 0 heterocycles. The van der Waals surface area contributed by atoms with Crippen molar-refractivity contribution in [3.8, 4) is 16.9 Å². The molecule has 2 aromatic rings. The van der Waals surface area contributed by atoms with Crippen molar-refractivity contribution in [3.05, 3.63) is 54.1 Å². The number of halogens is 1. The molecule has 2 aromatic carbocycles. The molecule has 2 rings (SSSR count). The van der Waals surface area contributed by atoms with Crippen LogP contribution < -0.4 is 4.74 Å². The zero-order valence-corrected chi connectivity index (χ0v) is 14.3. The van der Waals surface area contributed by atoms with Gasteiger partial charge in [0, 0.05) is 5.56 Å². The molecule has 0 fully saturated rings. The third-order valence-electron chi connectivity index (χ3n) is 3.82. The lowest BCUT2D eigenvalue weighted by molar-refractivity contribution is 0.108. The van der Waals surface area contributed by atoms with Gasteiger partial charge in [-0.25, -0.2) is 0 Å². The first-order valence-electron chi connectivity index (χ1n) is 8.24. The minimum absolute atomic E-state index is 0.431. The minimum Gasteiger partial charge on any atom is -0.494 e. The SMILES string of the molecule is CCCCCCCOc1ccc(-c2ccc(C(=O)Cl)cc2)cc1. The Hall–Kier alpha value is -1.80. The van der Waals surface area contributed by atoms with E-state index in [1.807, 2.05) is 36.4 Å². The maximum Gasteiger partial charge on any atom is 0.252 e. The van der Waals surface area contributed by atoms with E-state index in [1.165, 1.54) is 25.7 Å². The first kappa shape index (κ1) is 17.6. The van der Waals surface area contributed by atoms with Gasteiger partial charge in [-0.3, -0.25) is 4.79 Å². The van der Waals surface area contributed by atoms with Crippen molar-refractivity contribution >= 4 is 16.8 Å². The monoisotopic (exact) mass is 330 g/mol. The van der Waals surface area contributed by atoms with Gasteiger partial charge in [-0.15, -0.1) is 0 Å². The Morgan fingerprint density at radius 3 is 2.00 bits per heavy atom. The van der Waals surface area contributed by atoms with E-state index in [2.05, 4.69) is 6.92 Å². The molecule has 0 amide bonds. The lowest BCUT2D eigenvalue weighted by atomic mass is 10.0. The van der Waals surface area contributed by atoms with Crippen molar-refractivity contribution in [2.45, 2.75) is 39.0 Å². The van der Waals surface area contributed by atoms with Crippen LogP contribution >= 0.6 is 11.6 Å². The highest BCUT2D eigenvalue weighted by atomic mass is 35.5. The van der Waals surface area contributed by atoms with Crippen molar-refractivity contribution in [1.29, 1.82) is 0 Å². The van der Waals surface area contributed by atoms with Gasteiger partial charge >= 0.3 is 0 Å². The number of carbonyl (C=O) groups excluding carboxylic acids is 1. The molecule has 0 radical (unpaired) electrons. The third kappa shape index (κ3) is 5.72. The van der Waals surface area contributed by atoms with Crippen LogP contribution in [0.4, 0.5) is 0 Å². The molecule has 122 valence electrons. The van der Waals surface area contributed by atoms with Gasteiger partial charge < -0.3 is 4.74 Å². The molecule has 0 aliphatic rings. The second kappa shape index (κ2) is 9.36. The highest BCUT2D eigenvalue weighted by Crippen LogP contribution is 2.23. The summed E-state index contributed by atoms with van der Waals surface area (Å²) in [5, 5.41) is -0.431. The topological polar surface area (TPSA) is 26.3 Å². The van der Waals surface area contributed by atoms with Crippen LogP contribution in [-0.4, -0.2) is 11.8 Å². The Morgan fingerprint density at radius 2 is 1.43 bits per heavy atom. The summed E-state index contributed by atoms with van der Waals surface area (Å²) in [6, 6.07) is 15.3. The van der Waals surface area contributed by atoms with Crippen LogP contribution in [0.3, 0.4) is 0 Å². The van der Waals surface area contributed by atoms with E-state index in [4.69, 9.17) is 16.3 Å². The maximum absolute atomic E-state index is 11.1. The molecular formula is C20H23ClO2. The fraction of sp³-hybridized carbons (Fsp3) is 0.350. The lowest BCUT2D eigenvalue weighted by Crippen LogP contribution is -1.97. The van der Waals surface area contributed by atoms with E-state index in [1.54, 1.807) is 12.1 Å². The van der Waals surface area contributed by atoms with E-state index in [9.17, 15) is 4.79 Å². The van der Waals surface area contributed by atoms with Crippen molar-refractivity contribution in [2.24, 2.45) is 0 Å². The van der Waals surface area contributed by atoms with Crippen molar-refractivity contribution in [1.82, 2.24) is 0 Å². The van der Waals surface area contributed by atoms with Gasteiger partial charge in [0.2, 0.25) is 0 Å². The van der Waals surface area contributed by atoms with Crippen molar-refractivity contribution < 1.29 is 9.53 Å². The first-order valence-corrected chi connectivity index (χ1v) is 8.61. The highest BCUT2D eigenvalue weighted by molar-refractivity contribution is 6.67. The Kier molecular flexibility index (Phi) is 7.15. The predicted molar refractivity (Wildman–Crippen MR) is 96.3 cm³/mol. The number of hydrogen-bond donors (Lipinski definition) is 0. The summed E-state index contributed by atoms with van der Waals surface area (Å²) in [5.41, 5.74) is 2.66. The summed E-state index contributed by atoms with van der Waals surface area (Å²) >= 11 is 5.46. The Bertz CT molecular complexity index is 603. The molecule has 0 saturated heterocycles. The normalized spacial score (nSPS) is 10.5. The average molecular weight is 331 g/mol. The molecule has 0 aliphatic carbocycles. The van der Waals surface area contributed by atoms with Crippen LogP contribution in [0.2, 0.25) is 0 Å². The van der Waals surface area contributed by atoms with Crippen LogP contribution in [0.25, 0.3) is 11.1 Å². The van der Waals surface area contributed by atoms with Crippen LogP contribution in [-0.2, 0) is 0 Å². The van der Waals surface area contributed by atoms with Crippen LogP contribution in [0, 0.1) is 0 Å². The van der Waals surface area contributed by atoms with Gasteiger partial charge in [-0.05, 0) is 53.4 Å². The minimum atomic E-state index is -0.431. The standard InChI is InChI=1S/C20H23ClO2/c1-2-3-4-5-6-15-23-19-13-11-17(12-14-19)16-7-9-18(10-8-16)20(21)22/h7-14H,2-6,15H2,1H3.